The number of amides is 2. The maximum Gasteiger partial charge on any atom is 0.417 e. The summed E-state index contributed by atoms with van der Waals surface area (Å²) < 4.78 is 84.6. The Kier molecular flexibility index (Phi) is 12.1. The van der Waals surface area contributed by atoms with Crippen molar-refractivity contribution in [2.45, 2.75) is 63.3 Å². The summed E-state index contributed by atoms with van der Waals surface area (Å²) in [7, 11) is -4.66. The van der Waals surface area contributed by atoms with Crippen molar-refractivity contribution in [1.82, 2.24) is 10.2 Å². The number of carbonyl (C=O) groups is 2. The van der Waals surface area contributed by atoms with Gasteiger partial charge in [0, 0.05) is 19.0 Å². The number of benzene rings is 4. The Bertz CT molecular complexity index is 1860. The zero-order valence-electron chi connectivity index (χ0n) is 27.0. The van der Waals surface area contributed by atoms with Crippen LogP contribution in [0.15, 0.2) is 102 Å². The van der Waals surface area contributed by atoms with Crippen molar-refractivity contribution in [3.63, 3.8) is 0 Å². The fraction of sp³-hybridized carbons (Fsp3) is 0.278. The minimum atomic E-state index is -4.93. The van der Waals surface area contributed by atoms with Crippen LogP contribution in [0.2, 0.25) is 5.02 Å². The lowest BCUT2D eigenvalue weighted by Gasteiger charge is -2.34. The van der Waals surface area contributed by atoms with Gasteiger partial charge in [-0.2, -0.15) is 13.2 Å². The molecule has 7 nitrogen and oxygen atoms in total. The smallest absolute Gasteiger partial charge is 0.352 e. The second-order valence-corrected chi connectivity index (χ2v) is 13.9. The molecule has 4 aromatic carbocycles. The standard InChI is InChI=1S/C36H36ClF4N3O4S/c1-4-25(3)42-35(46)33(20-26-8-6-5-7-9-26)43(22-27-12-14-28(38)15-13-27)34(45)23-44(49(47,48)30-17-10-24(2)11-18-30)29-16-19-32(37)31(21-29)36(39,40)41/h5-19,21,25,33H,4,20,22-23H2,1-3H3,(H,42,46)/t25-,33+/m0/s1. The molecule has 0 aliphatic heterocycles. The Balaban J connectivity index is 1.87. The number of hydrogen-bond donors (Lipinski definition) is 1. The summed E-state index contributed by atoms with van der Waals surface area (Å²) in [4.78, 5) is 29.3. The highest BCUT2D eigenvalue weighted by Crippen LogP contribution is 2.38. The van der Waals surface area contributed by atoms with Crippen molar-refractivity contribution in [1.29, 1.82) is 0 Å². The molecule has 0 aliphatic rings. The van der Waals surface area contributed by atoms with E-state index in [1.165, 1.54) is 53.4 Å². The largest absolute Gasteiger partial charge is 0.417 e. The molecule has 0 unspecified atom stereocenters. The lowest BCUT2D eigenvalue weighted by Crippen LogP contribution is -2.54. The highest BCUT2D eigenvalue weighted by atomic mass is 35.5. The van der Waals surface area contributed by atoms with Gasteiger partial charge in [0.25, 0.3) is 10.0 Å². The van der Waals surface area contributed by atoms with E-state index in [2.05, 4.69) is 5.32 Å². The first-order valence-electron chi connectivity index (χ1n) is 15.4. The Morgan fingerprint density at radius 1 is 0.898 bits per heavy atom. The number of rotatable bonds is 13. The predicted octanol–water partition coefficient (Wildman–Crippen LogP) is 7.56. The quantitative estimate of drug-likeness (QED) is 0.145. The van der Waals surface area contributed by atoms with Crippen molar-refractivity contribution in [2.75, 3.05) is 10.8 Å². The van der Waals surface area contributed by atoms with Crippen molar-refractivity contribution < 1.29 is 35.6 Å². The van der Waals surface area contributed by atoms with Crippen molar-refractivity contribution >= 4 is 39.1 Å². The van der Waals surface area contributed by atoms with Gasteiger partial charge in [-0.3, -0.25) is 13.9 Å². The molecule has 0 heterocycles. The second kappa shape index (κ2) is 15.9. The fourth-order valence-corrected chi connectivity index (χ4v) is 6.66. The summed E-state index contributed by atoms with van der Waals surface area (Å²) in [5.41, 5.74) is 0.106. The van der Waals surface area contributed by atoms with Crippen LogP contribution in [0.25, 0.3) is 0 Å². The summed E-state index contributed by atoms with van der Waals surface area (Å²) in [5.74, 6) is -1.94. The third-order valence-electron chi connectivity index (χ3n) is 7.97. The maximum atomic E-state index is 14.5. The fourth-order valence-electron chi connectivity index (χ4n) is 5.03. The molecule has 13 heteroatoms. The SMILES string of the molecule is CC[C@H](C)NC(=O)[C@@H](Cc1ccccc1)N(Cc1ccc(F)cc1)C(=O)CN(c1ccc(Cl)c(C(F)(F)F)c1)S(=O)(=O)c1ccc(C)cc1. The van der Waals surface area contributed by atoms with Crippen LogP contribution in [0.3, 0.4) is 0 Å². The summed E-state index contributed by atoms with van der Waals surface area (Å²) in [6.07, 6.45) is -4.32. The molecule has 0 aliphatic carbocycles. The molecule has 4 rings (SSSR count). The normalized spacial score (nSPS) is 13.0. The first-order chi connectivity index (χ1) is 23.1. The first kappa shape index (κ1) is 37.4. The molecule has 49 heavy (non-hydrogen) atoms. The summed E-state index contributed by atoms with van der Waals surface area (Å²) in [6, 6.07) is 20.8. The van der Waals surface area contributed by atoms with Gasteiger partial charge in [-0.25, -0.2) is 12.8 Å². The van der Waals surface area contributed by atoms with Crippen molar-refractivity contribution in [2.24, 2.45) is 0 Å². The van der Waals surface area contributed by atoms with Gasteiger partial charge in [0.15, 0.2) is 0 Å². The van der Waals surface area contributed by atoms with Crippen LogP contribution >= 0.6 is 11.6 Å². The molecular formula is C36H36ClF4N3O4S. The van der Waals surface area contributed by atoms with Gasteiger partial charge in [0.1, 0.15) is 18.4 Å². The minimum Gasteiger partial charge on any atom is -0.352 e. The van der Waals surface area contributed by atoms with E-state index in [0.29, 0.717) is 27.9 Å². The zero-order chi connectivity index (χ0) is 35.9. The summed E-state index contributed by atoms with van der Waals surface area (Å²) in [5, 5.41) is 2.24. The molecule has 0 saturated heterocycles. The third-order valence-corrected chi connectivity index (χ3v) is 10.1. The lowest BCUT2D eigenvalue weighted by molar-refractivity contribution is -0.140. The third kappa shape index (κ3) is 9.60. The van der Waals surface area contributed by atoms with Gasteiger partial charge < -0.3 is 10.2 Å². The molecule has 0 saturated carbocycles. The summed E-state index contributed by atoms with van der Waals surface area (Å²) in [6.45, 7) is 4.18. The molecular weight excluding hydrogens is 682 g/mol. The van der Waals surface area contributed by atoms with Crippen molar-refractivity contribution in [3.8, 4) is 0 Å². The second-order valence-electron chi connectivity index (χ2n) is 11.7. The number of aryl methyl sites for hydroxylation is 1. The number of carbonyl (C=O) groups excluding carboxylic acids is 2. The lowest BCUT2D eigenvalue weighted by atomic mass is 10.0. The molecule has 1 N–H and O–H groups in total. The molecule has 0 radical (unpaired) electrons. The highest BCUT2D eigenvalue weighted by Gasteiger charge is 2.38. The van der Waals surface area contributed by atoms with Crippen LogP contribution in [0, 0.1) is 12.7 Å². The maximum absolute atomic E-state index is 14.5. The Hall–Kier alpha value is -4.42. The van der Waals surface area contributed by atoms with Gasteiger partial charge in [0.05, 0.1) is 21.2 Å². The van der Waals surface area contributed by atoms with E-state index < -0.39 is 62.7 Å². The van der Waals surface area contributed by atoms with Gasteiger partial charge in [-0.1, -0.05) is 78.7 Å². The molecule has 0 fully saturated rings. The number of halogens is 5. The van der Waals surface area contributed by atoms with E-state index in [1.807, 2.05) is 6.92 Å². The van der Waals surface area contributed by atoms with E-state index in [1.54, 1.807) is 44.2 Å². The van der Waals surface area contributed by atoms with Gasteiger partial charge >= 0.3 is 6.18 Å². The van der Waals surface area contributed by atoms with Crippen LogP contribution < -0.4 is 9.62 Å². The Morgan fingerprint density at radius 3 is 2.12 bits per heavy atom. The first-order valence-corrected chi connectivity index (χ1v) is 17.3. The predicted molar refractivity (Wildman–Crippen MR) is 181 cm³/mol. The molecule has 260 valence electrons. The van der Waals surface area contributed by atoms with Gasteiger partial charge in [0.2, 0.25) is 11.8 Å². The number of alkyl halides is 3. The van der Waals surface area contributed by atoms with Gasteiger partial charge in [-0.05, 0) is 73.9 Å². The monoisotopic (exact) mass is 717 g/mol. The average Bonchev–Trinajstić information content (AvgIpc) is 3.06. The number of nitrogens with zero attached hydrogens (tertiary/aromatic N) is 2. The number of sulfonamides is 1. The van der Waals surface area contributed by atoms with E-state index in [9.17, 15) is 35.6 Å². The number of hydrogen-bond acceptors (Lipinski definition) is 4. The van der Waals surface area contributed by atoms with Crippen LogP contribution in [0.1, 0.15) is 42.5 Å². The van der Waals surface area contributed by atoms with Crippen molar-refractivity contribution in [3.05, 3.63) is 130 Å². The van der Waals surface area contributed by atoms with Crippen LogP contribution in [0.5, 0.6) is 0 Å². The number of anilines is 1. The van der Waals surface area contributed by atoms with Gasteiger partial charge in [-0.15, -0.1) is 0 Å². The topological polar surface area (TPSA) is 86.8 Å². The van der Waals surface area contributed by atoms with Crippen LogP contribution in [0.4, 0.5) is 23.2 Å². The number of nitrogens with one attached hydrogen (secondary N) is 1. The van der Waals surface area contributed by atoms with Crippen LogP contribution in [-0.4, -0.2) is 43.8 Å². The Labute approximate surface area is 288 Å². The highest BCUT2D eigenvalue weighted by molar-refractivity contribution is 7.92. The zero-order valence-corrected chi connectivity index (χ0v) is 28.6. The Morgan fingerprint density at radius 2 is 1.53 bits per heavy atom. The van der Waals surface area contributed by atoms with E-state index in [-0.39, 0.29) is 23.9 Å². The molecule has 2 atom stereocenters. The summed E-state index contributed by atoms with van der Waals surface area (Å²) >= 11 is 5.86. The van der Waals surface area contributed by atoms with E-state index >= 15 is 0 Å². The average molecular weight is 718 g/mol. The minimum absolute atomic E-state index is 0.0277. The molecule has 4 aromatic rings. The van der Waals surface area contributed by atoms with E-state index in [0.717, 1.165) is 17.7 Å². The van der Waals surface area contributed by atoms with Crippen LogP contribution in [-0.2, 0) is 38.8 Å². The molecule has 0 bridgehead atoms. The van der Waals surface area contributed by atoms with E-state index in [4.69, 9.17) is 11.6 Å². The molecule has 0 aromatic heterocycles. The molecule has 0 spiro atoms. The molecule has 2 amide bonds.